The molecule has 2 aromatic carbocycles. The number of amides is 1. The van der Waals surface area contributed by atoms with Crippen molar-refractivity contribution in [1.29, 1.82) is 0 Å². The number of benzene rings is 2. The number of hydrogen-bond acceptors (Lipinski definition) is 4. The number of rotatable bonds is 5. The van der Waals surface area contributed by atoms with Crippen LogP contribution in [0.1, 0.15) is 24.8 Å². The highest BCUT2D eigenvalue weighted by molar-refractivity contribution is 7.14. The van der Waals surface area contributed by atoms with Gasteiger partial charge in [-0.2, -0.15) is 0 Å². The molecule has 5 heteroatoms. The first-order chi connectivity index (χ1) is 13.8. The van der Waals surface area contributed by atoms with Crippen LogP contribution in [0.2, 0.25) is 0 Å². The van der Waals surface area contributed by atoms with Crippen LogP contribution < -0.4 is 10.2 Å². The lowest BCUT2D eigenvalue weighted by atomic mass is 10.1. The Labute approximate surface area is 169 Å². The second-order valence-corrected chi connectivity index (χ2v) is 7.71. The molecule has 142 valence electrons. The molecule has 1 aromatic heterocycles. The fourth-order valence-corrected chi connectivity index (χ4v) is 4.19. The maximum absolute atomic E-state index is 12.2. The third-order valence-electron chi connectivity index (χ3n) is 4.77. The van der Waals surface area contributed by atoms with Gasteiger partial charge < -0.3 is 10.2 Å². The van der Waals surface area contributed by atoms with Gasteiger partial charge in [-0.3, -0.25) is 4.79 Å². The molecule has 0 bridgehead atoms. The first kappa shape index (κ1) is 18.4. The van der Waals surface area contributed by atoms with Gasteiger partial charge in [-0.15, -0.1) is 11.3 Å². The van der Waals surface area contributed by atoms with Gasteiger partial charge in [0.1, 0.15) is 0 Å². The summed E-state index contributed by atoms with van der Waals surface area (Å²) >= 11 is 1.69. The molecule has 4 rings (SSSR count). The normalized spacial score (nSPS) is 14.4. The van der Waals surface area contributed by atoms with Crippen LogP contribution in [-0.4, -0.2) is 24.0 Å². The molecule has 1 N–H and O–H groups in total. The quantitative estimate of drug-likeness (QED) is 0.590. The van der Waals surface area contributed by atoms with Gasteiger partial charge in [0.05, 0.1) is 5.69 Å². The lowest BCUT2D eigenvalue weighted by Gasteiger charge is -2.25. The number of nitrogens with zero attached hydrogens (tertiary/aromatic N) is 2. The molecule has 3 aromatic rings. The molecule has 1 aliphatic heterocycles. The lowest BCUT2D eigenvalue weighted by molar-refractivity contribution is -0.111. The zero-order chi connectivity index (χ0) is 19.2. The molecular formula is C23H23N3OS. The molecule has 0 atom stereocenters. The predicted molar refractivity (Wildman–Crippen MR) is 118 cm³/mol. The van der Waals surface area contributed by atoms with Crippen molar-refractivity contribution in [3.05, 3.63) is 71.6 Å². The van der Waals surface area contributed by atoms with Gasteiger partial charge in [0.25, 0.3) is 0 Å². The molecule has 1 saturated heterocycles. The Balaban J connectivity index is 1.43. The SMILES string of the molecule is O=C(C=Cc1ccccc1)Nc1cccc(-c2csc(N3CCCCC3)n2)c1. The largest absolute Gasteiger partial charge is 0.348 e. The van der Waals surface area contributed by atoms with E-state index in [0.29, 0.717) is 0 Å². The van der Waals surface area contributed by atoms with Gasteiger partial charge in [-0.1, -0.05) is 42.5 Å². The summed E-state index contributed by atoms with van der Waals surface area (Å²) in [6, 6.07) is 17.6. The third-order valence-corrected chi connectivity index (χ3v) is 5.67. The van der Waals surface area contributed by atoms with Crippen LogP contribution in [0, 0.1) is 0 Å². The molecule has 0 spiro atoms. The molecule has 2 heterocycles. The zero-order valence-electron chi connectivity index (χ0n) is 15.7. The van der Waals surface area contributed by atoms with Crippen LogP contribution in [0.15, 0.2) is 66.1 Å². The number of aromatic nitrogens is 1. The Hall–Kier alpha value is -2.92. The number of piperidine rings is 1. The third kappa shape index (κ3) is 4.67. The first-order valence-corrected chi connectivity index (χ1v) is 10.5. The second-order valence-electron chi connectivity index (χ2n) is 6.88. The molecule has 1 fully saturated rings. The first-order valence-electron chi connectivity index (χ1n) is 9.63. The van der Waals surface area contributed by atoms with E-state index in [1.54, 1.807) is 17.4 Å². The average molecular weight is 390 g/mol. The summed E-state index contributed by atoms with van der Waals surface area (Å²) in [5.41, 5.74) is 3.75. The summed E-state index contributed by atoms with van der Waals surface area (Å²) in [7, 11) is 0. The number of carbonyl (C=O) groups is 1. The van der Waals surface area contributed by atoms with Crippen LogP contribution in [0.25, 0.3) is 17.3 Å². The highest BCUT2D eigenvalue weighted by atomic mass is 32.1. The summed E-state index contributed by atoms with van der Waals surface area (Å²) in [5.74, 6) is -0.145. The Kier molecular flexibility index (Phi) is 5.83. The van der Waals surface area contributed by atoms with Gasteiger partial charge in [-0.25, -0.2) is 4.98 Å². The second kappa shape index (κ2) is 8.85. The van der Waals surface area contributed by atoms with Crippen LogP contribution in [0.3, 0.4) is 0 Å². The number of thiazole rings is 1. The smallest absolute Gasteiger partial charge is 0.248 e. The Morgan fingerprint density at radius 3 is 2.68 bits per heavy atom. The minimum absolute atomic E-state index is 0.145. The minimum Gasteiger partial charge on any atom is -0.348 e. The van der Waals surface area contributed by atoms with Gasteiger partial charge in [0.2, 0.25) is 5.91 Å². The molecule has 0 aliphatic carbocycles. The van der Waals surface area contributed by atoms with Crippen molar-refractivity contribution in [3.63, 3.8) is 0 Å². The summed E-state index contributed by atoms with van der Waals surface area (Å²) < 4.78 is 0. The lowest BCUT2D eigenvalue weighted by Crippen LogP contribution is -2.29. The van der Waals surface area contributed by atoms with Gasteiger partial charge in [-0.05, 0) is 43.0 Å². The molecule has 1 amide bonds. The average Bonchev–Trinajstić information content (AvgIpc) is 3.24. The zero-order valence-corrected chi connectivity index (χ0v) is 16.5. The van der Waals surface area contributed by atoms with Crippen molar-refractivity contribution in [3.8, 4) is 11.3 Å². The van der Waals surface area contributed by atoms with E-state index in [1.807, 2.05) is 60.7 Å². The van der Waals surface area contributed by atoms with Gasteiger partial charge >= 0.3 is 0 Å². The number of carbonyl (C=O) groups excluding carboxylic acids is 1. The highest BCUT2D eigenvalue weighted by Crippen LogP contribution is 2.30. The molecule has 0 saturated carbocycles. The van der Waals surface area contributed by atoms with Crippen molar-refractivity contribution >= 4 is 34.1 Å². The Morgan fingerprint density at radius 1 is 1.04 bits per heavy atom. The van der Waals surface area contributed by atoms with E-state index in [-0.39, 0.29) is 5.91 Å². The number of hydrogen-bond donors (Lipinski definition) is 1. The van der Waals surface area contributed by atoms with E-state index in [9.17, 15) is 4.79 Å². The monoisotopic (exact) mass is 389 g/mol. The summed E-state index contributed by atoms with van der Waals surface area (Å²) in [4.78, 5) is 19.4. The molecule has 1 aliphatic rings. The van der Waals surface area contributed by atoms with Crippen molar-refractivity contribution in [2.45, 2.75) is 19.3 Å². The van der Waals surface area contributed by atoms with E-state index >= 15 is 0 Å². The highest BCUT2D eigenvalue weighted by Gasteiger charge is 2.15. The summed E-state index contributed by atoms with van der Waals surface area (Å²) in [6.07, 6.45) is 7.17. The summed E-state index contributed by atoms with van der Waals surface area (Å²) in [6.45, 7) is 2.19. The molecule has 28 heavy (non-hydrogen) atoms. The van der Waals surface area contributed by atoms with E-state index in [2.05, 4.69) is 15.6 Å². The fourth-order valence-electron chi connectivity index (χ4n) is 3.30. The van der Waals surface area contributed by atoms with Crippen LogP contribution >= 0.6 is 11.3 Å². The fraction of sp³-hybridized carbons (Fsp3) is 0.217. The van der Waals surface area contributed by atoms with Gasteiger partial charge in [0, 0.05) is 35.8 Å². The van der Waals surface area contributed by atoms with E-state index in [0.717, 1.165) is 40.7 Å². The number of anilines is 2. The van der Waals surface area contributed by atoms with E-state index in [1.165, 1.54) is 19.3 Å². The molecule has 0 radical (unpaired) electrons. The van der Waals surface area contributed by atoms with E-state index < -0.39 is 0 Å². The summed E-state index contributed by atoms with van der Waals surface area (Å²) in [5, 5.41) is 6.12. The van der Waals surface area contributed by atoms with Crippen LogP contribution in [-0.2, 0) is 4.79 Å². The Bertz CT molecular complexity index is 959. The molecule has 4 nitrogen and oxygen atoms in total. The van der Waals surface area contributed by atoms with Crippen molar-refractivity contribution in [2.75, 3.05) is 23.3 Å². The van der Waals surface area contributed by atoms with Crippen molar-refractivity contribution < 1.29 is 4.79 Å². The van der Waals surface area contributed by atoms with Crippen LogP contribution in [0.5, 0.6) is 0 Å². The van der Waals surface area contributed by atoms with Crippen LogP contribution in [0.4, 0.5) is 10.8 Å². The number of nitrogens with one attached hydrogen (secondary N) is 1. The molecule has 0 unspecified atom stereocenters. The van der Waals surface area contributed by atoms with E-state index in [4.69, 9.17) is 4.98 Å². The topological polar surface area (TPSA) is 45.2 Å². The maximum Gasteiger partial charge on any atom is 0.248 e. The van der Waals surface area contributed by atoms with Crippen molar-refractivity contribution in [1.82, 2.24) is 4.98 Å². The Morgan fingerprint density at radius 2 is 1.86 bits per heavy atom. The minimum atomic E-state index is -0.145. The predicted octanol–water partition coefficient (Wildman–Crippen LogP) is 5.45. The molecular weight excluding hydrogens is 366 g/mol. The standard InChI is InChI=1S/C23H23N3OS/c27-22(13-12-18-8-3-1-4-9-18)24-20-11-7-10-19(16-20)21-17-28-23(25-21)26-14-5-2-6-15-26/h1,3-4,7-13,16-17H,2,5-6,14-15H2,(H,24,27). The van der Waals surface area contributed by atoms with Gasteiger partial charge in [0.15, 0.2) is 5.13 Å². The van der Waals surface area contributed by atoms with Crippen molar-refractivity contribution in [2.24, 2.45) is 0 Å². The maximum atomic E-state index is 12.2.